The zero-order valence-corrected chi connectivity index (χ0v) is 12.2. The van der Waals surface area contributed by atoms with Crippen molar-refractivity contribution in [2.45, 2.75) is 39.3 Å². The molecule has 104 valence electrons. The summed E-state index contributed by atoms with van der Waals surface area (Å²) in [6.07, 6.45) is 0. The number of nitrogens with two attached hydrogens (primary N) is 1. The molecule has 1 aliphatic rings. The Kier molecular flexibility index (Phi) is 3.54. The molecule has 0 spiro atoms. The molecular formula is C15H23N3O. The van der Waals surface area contributed by atoms with E-state index in [4.69, 9.17) is 5.73 Å². The number of amides is 2. The Morgan fingerprint density at radius 2 is 2.11 bits per heavy atom. The second-order valence-electron chi connectivity index (χ2n) is 6.23. The number of benzene rings is 1. The van der Waals surface area contributed by atoms with Gasteiger partial charge in [0.15, 0.2) is 0 Å². The first-order valence-electron chi connectivity index (χ1n) is 6.68. The summed E-state index contributed by atoms with van der Waals surface area (Å²) in [6, 6.07) is 6.39. The molecule has 2 amide bonds. The molecule has 1 aliphatic heterocycles. The lowest BCUT2D eigenvalue weighted by Gasteiger charge is -2.25. The Labute approximate surface area is 115 Å². The van der Waals surface area contributed by atoms with Gasteiger partial charge in [0.25, 0.3) is 0 Å². The number of rotatable bonds is 3. The van der Waals surface area contributed by atoms with Crippen molar-refractivity contribution in [3.63, 3.8) is 0 Å². The molecule has 0 aromatic heterocycles. The fourth-order valence-electron chi connectivity index (χ4n) is 2.53. The van der Waals surface area contributed by atoms with E-state index in [2.05, 4.69) is 37.4 Å². The topological polar surface area (TPSA) is 58.4 Å². The number of aryl methyl sites for hydroxylation is 2. The third kappa shape index (κ3) is 3.26. The van der Waals surface area contributed by atoms with Crippen molar-refractivity contribution < 1.29 is 4.79 Å². The molecule has 0 aliphatic carbocycles. The number of nitrogens with zero attached hydrogens (tertiary/aromatic N) is 1. The van der Waals surface area contributed by atoms with Crippen molar-refractivity contribution >= 4 is 6.03 Å². The molecule has 0 saturated carbocycles. The van der Waals surface area contributed by atoms with Crippen molar-refractivity contribution in [2.75, 3.05) is 13.1 Å². The minimum atomic E-state index is -0.367. The quantitative estimate of drug-likeness (QED) is 0.875. The summed E-state index contributed by atoms with van der Waals surface area (Å²) in [5.74, 6) is 0. The summed E-state index contributed by atoms with van der Waals surface area (Å²) in [6.45, 7) is 9.28. The third-order valence-electron chi connectivity index (χ3n) is 3.40. The number of hydrogen-bond donors (Lipinski definition) is 2. The number of carbonyl (C=O) groups excluding carboxylic acids is 1. The predicted octanol–water partition coefficient (Wildman–Crippen LogP) is 2.11. The average Bonchev–Trinajstić information content (AvgIpc) is 2.61. The van der Waals surface area contributed by atoms with E-state index in [1.54, 1.807) is 4.90 Å². The van der Waals surface area contributed by atoms with Crippen LogP contribution in [0.25, 0.3) is 0 Å². The minimum Gasteiger partial charge on any atom is -0.329 e. The lowest BCUT2D eigenvalue weighted by atomic mass is 9.99. The van der Waals surface area contributed by atoms with E-state index in [0.717, 1.165) is 0 Å². The first-order valence-corrected chi connectivity index (χ1v) is 6.68. The van der Waals surface area contributed by atoms with E-state index in [9.17, 15) is 4.79 Å². The van der Waals surface area contributed by atoms with Crippen LogP contribution in [0.1, 0.15) is 36.6 Å². The van der Waals surface area contributed by atoms with Crippen LogP contribution in [-0.4, -0.2) is 29.6 Å². The van der Waals surface area contributed by atoms with Crippen molar-refractivity contribution in [3.8, 4) is 0 Å². The van der Waals surface area contributed by atoms with Gasteiger partial charge in [0.1, 0.15) is 0 Å². The second-order valence-corrected chi connectivity index (χ2v) is 6.23. The molecule has 0 bridgehead atoms. The normalized spacial score (nSPS) is 19.7. The molecule has 4 heteroatoms. The van der Waals surface area contributed by atoms with Crippen LogP contribution in [0.15, 0.2) is 18.2 Å². The number of nitrogens with one attached hydrogen (secondary N) is 1. The van der Waals surface area contributed by atoms with Gasteiger partial charge >= 0.3 is 6.03 Å². The van der Waals surface area contributed by atoms with Crippen LogP contribution in [-0.2, 0) is 0 Å². The summed E-state index contributed by atoms with van der Waals surface area (Å²) < 4.78 is 0. The molecule has 1 aromatic rings. The molecule has 4 nitrogen and oxygen atoms in total. The Hall–Kier alpha value is -1.55. The predicted molar refractivity (Wildman–Crippen MR) is 77.0 cm³/mol. The SMILES string of the molecule is Cc1ccc(C)c(C2CN(CC(C)(C)N)C(=O)N2)c1. The van der Waals surface area contributed by atoms with Gasteiger partial charge < -0.3 is 16.0 Å². The van der Waals surface area contributed by atoms with E-state index in [1.807, 2.05) is 13.8 Å². The smallest absolute Gasteiger partial charge is 0.318 e. The highest BCUT2D eigenvalue weighted by Gasteiger charge is 2.32. The van der Waals surface area contributed by atoms with E-state index < -0.39 is 0 Å². The van der Waals surface area contributed by atoms with Gasteiger partial charge in [-0.2, -0.15) is 0 Å². The van der Waals surface area contributed by atoms with Crippen molar-refractivity contribution in [1.29, 1.82) is 0 Å². The number of urea groups is 1. The molecule has 1 fully saturated rings. The van der Waals surface area contributed by atoms with Gasteiger partial charge in [-0.15, -0.1) is 0 Å². The standard InChI is InChI=1S/C15H23N3O/c1-10-5-6-11(2)12(7-10)13-8-18(14(19)17-13)9-15(3,4)16/h5-7,13H,8-9,16H2,1-4H3,(H,17,19). The molecule has 3 N–H and O–H groups in total. The van der Waals surface area contributed by atoms with Crippen LogP contribution in [0.5, 0.6) is 0 Å². The van der Waals surface area contributed by atoms with Crippen LogP contribution in [0.2, 0.25) is 0 Å². The van der Waals surface area contributed by atoms with Gasteiger partial charge in [-0.1, -0.05) is 23.8 Å². The largest absolute Gasteiger partial charge is 0.329 e. The highest BCUT2D eigenvalue weighted by atomic mass is 16.2. The van der Waals surface area contributed by atoms with Crippen molar-refractivity contribution in [2.24, 2.45) is 5.73 Å². The van der Waals surface area contributed by atoms with Crippen LogP contribution in [0.4, 0.5) is 4.79 Å². The summed E-state index contributed by atoms with van der Waals surface area (Å²) in [5.41, 5.74) is 9.25. The molecule has 1 atom stereocenters. The Balaban J connectivity index is 2.16. The van der Waals surface area contributed by atoms with Crippen LogP contribution >= 0.6 is 0 Å². The lowest BCUT2D eigenvalue weighted by Crippen LogP contribution is -2.46. The van der Waals surface area contributed by atoms with E-state index in [1.165, 1.54) is 16.7 Å². The van der Waals surface area contributed by atoms with Crippen molar-refractivity contribution in [3.05, 3.63) is 34.9 Å². The average molecular weight is 261 g/mol. The van der Waals surface area contributed by atoms with Gasteiger partial charge in [-0.05, 0) is 38.8 Å². The molecular weight excluding hydrogens is 238 g/mol. The zero-order chi connectivity index (χ0) is 14.2. The molecule has 1 heterocycles. The molecule has 0 radical (unpaired) electrons. The minimum absolute atomic E-state index is 0.0237. The molecule has 1 unspecified atom stereocenters. The monoisotopic (exact) mass is 261 g/mol. The van der Waals surface area contributed by atoms with Gasteiger partial charge in [-0.25, -0.2) is 4.79 Å². The summed E-state index contributed by atoms with van der Waals surface area (Å²) >= 11 is 0. The maximum atomic E-state index is 12.0. The maximum Gasteiger partial charge on any atom is 0.318 e. The van der Waals surface area contributed by atoms with Crippen LogP contribution in [0, 0.1) is 13.8 Å². The third-order valence-corrected chi connectivity index (χ3v) is 3.40. The fourth-order valence-corrected chi connectivity index (χ4v) is 2.53. The summed E-state index contributed by atoms with van der Waals surface area (Å²) in [5, 5.41) is 3.04. The first-order chi connectivity index (χ1) is 8.76. The van der Waals surface area contributed by atoms with Crippen LogP contribution in [0.3, 0.4) is 0 Å². The number of carbonyl (C=O) groups is 1. The second kappa shape index (κ2) is 4.85. The number of hydrogen-bond acceptors (Lipinski definition) is 2. The molecule has 1 saturated heterocycles. The van der Waals surface area contributed by atoms with Gasteiger partial charge in [0.2, 0.25) is 0 Å². The van der Waals surface area contributed by atoms with Gasteiger partial charge in [0, 0.05) is 18.6 Å². The highest BCUT2D eigenvalue weighted by Crippen LogP contribution is 2.25. The van der Waals surface area contributed by atoms with Gasteiger partial charge in [0.05, 0.1) is 6.04 Å². The fraction of sp³-hybridized carbons (Fsp3) is 0.533. The highest BCUT2D eigenvalue weighted by molar-refractivity contribution is 5.77. The van der Waals surface area contributed by atoms with Gasteiger partial charge in [-0.3, -0.25) is 0 Å². The summed E-state index contributed by atoms with van der Waals surface area (Å²) in [7, 11) is 0. The Bertz CT molecular complexity index is 491. The van der Waals surface area contributed by atoms with E-state index in [-0.39, 0.29) is 17.6 Å². The van der Waals surface area contributed by atoms with E-state index >= 15 is 0 Å². The lowest BCUT2D eigenvalue weighted by molar-refractivity contribution is 0.207. The molecule has 1 aromatic carbocycles. The molecule has 19 heavy (non-hydrogen) atoms. The molecule has 2 rings (SSSR count). The zero-order valence-electron chi connectivity index (χ0n) is 12.2. The summed E-state index contributed by atoms with van der Waals surface area (Å²) in [4.78, 5) is 13.8. The van der Waals surface area contributed by atoms with Crippen molar-refractivity contribution in [1.82, 2.24) is 10.2 Å². The Morgan fingerprint density at radius 1 is 1.42 bits per heavy atom. The van der Waals surface area contributed by atoms with E-state index in [0.29, 0.717) is 13.1 Å². The first kappa shape index (κ1) is 13.9. The maximum absolute atomic E-state index is 12.0. The Morgan fingerprint density at radius 3 is 2.74 bits per heavy atom. The van der Waals surface area contributed by atoms with Crippen LogP contribution < -0.4 is 11.1 Å².